The van der Waals surface area contributed by atoms with E-state index < -0.39 is 10.2 Å². The van der Waals surface area contributed by atoms with E-state index >= 15 is 0 Å². The fourth-order valence-electron chi connectivity index (χ4n) is 3.82. The van der Waals surface area contributed by atoms with Gasteiger partial charge in [0, 0.05) is 19.1 Å². The molecule has 0 amide bonds. The van der Waals surface area contributed by atoms with Gasteiger partial charge >= 0.3 is 0 Å². The van der Waals surface area contributed by atoms with Gasteiger partial charge in [-0.3, -0.25) is 0 Å². The van der Waals surface area contributed by atoms with Crippen molar-refractivity contribution >= 4 is 10.2 Å². The molecule has 0 unspecified atom stereocenters. The molecule has 0 spiro atoms. The van der Waals surface area contributed by atoms with E-state index in [0.29, 0.717) is 36.8 Å². The van der Waals surface area contributed by atoms with Gasteiger partial charge in [-0.15, -0.1) is 0 Å². The molecule has 0 aromatic carbocycles. The van der Waals surface area contributed by atoms with Crippen LogP contribution < -0.4 is 4.72 Å². The first kappa shape index (κ1) is 16.2. The van der Waals surface area contributed by atoms with Gasteiger partial charge in [0.2, 0.25) is 0 Å². The lowest BCUT2D eigenvalue weighted by Crippen LogP contribution is -2.53. The number of rotatable bonds is 3. The normalized spacial score (nSPS) is 40.7. The molecule has 0 aromatic rings. The van der Waals surface area contributed by atoms with Gasteiger partial charge < -0.3 is 0 Å². The van der Waals surface area contributed by atoms with Crippen molar-refractivity contribution in [3.8, 4) is 0 Å². The summed E-state index contributed by atoms with van der Waals surface area (Å²) >= 11 is 0. The number of nitrogens with zero attached hydrogens (tertiary/aromatic N) is 1. The van der Waals surface area contributed by atoms with Gasteiger partial charge in [-0.25, -0.2) is 0 Å². The van der Waals surface area contributed by atoms with Crippen LogP contribution in [0.25, 0.3) is 0 Å². The van der Waals surface area contributed by atoms with Crippen molar-refractivity contribution in [2.75, 3.05) is 13.1 Å². The first-order valence-electron chi connectivity index (χ1n) is 8.07. The molecular formula is C15H30N2O2S. The number of hydrogen-bond acceptors (Lipinski definition) is 2. The predicted molar refractivity (Wildman–Crippen MR) is 82.5 cm³/mol. The molecule has 2 aliphatic rings. The van der Waals surface area contributed by atoms with Gasteiger partial charge in [-0.1, -0.05) is 40.5 Å². The van der Waals surface area contributed by atoms with Gasteiger partial charge in [0.05, 0.1) is 0 Å². The van der Waals surface area contributed by atoms with Crippen molar-refractivity contribution in [3.63, 3.8) is 0 Å². The summed E-state index contributed by atoms with van der Waals surface area (Å²) in [7, 11) is -3.32. The topological polar surface area (TPSA) is 49.4 Å². The lowest BCUT2D eigenvalue weighted by molar-refractivity contribution is 0.203. The Morgan fingerprint density at radius 1 is 1.00 bits per heavy atom. The molecule has 1 heterocycles. The van der Waals surface area contributed by atoms with E-state index in [4.69, 9.17) is 0 Å². The lowest BCUT2D eigenvalue weighted by atomic mass is 9.78. The van der Waals surface area contributed by atoms with E-state index in [-0.39, 0.29) is 6.04 Å². The number of nitrogens with one attached hydrogen (secondary N) is 1. The molecule has 20 heavy (non-hydrogen) atoms. The zero-order chi connectivity index (χ0) is 14.9. The first-order chi connectivity index (χ1) is 9.29. The Bertz CT molecular complexity index is 414. The van der Waals surface area contributed by atoms with E-state index in [9.17, 15) is 8.42 Å². The van der Waals surface area contributed by atoms with Gasteiger partial charge in [-0.05, 0) is 36.5 Å². The third kappa shape index (κ3) is 3.74. The van der Waals surface area contributed by atoms with Crippen molar-refractivity contribution in [1.29, 1.82) is 0 Å². The molecule has 0 bridgehead atoms. The quantitative estimate of drug-likeness (QED) is 0.871. The van der Waals surface area contributed by atoms with Crippen LogP contribution in [-0.2, 0) is 10.2 Å². The molecule has 2 rings (SSSR count). The van der Waals surface area contributed by atoms with E-state index in [1.807, 2.05) is 0 Å². The van der Waals surface area contributed by atoms with E-state index in [1.54, 1.807) is 4.31 Å². The van der Waals surface area contributed by atoms with Crippen molar-refractivity contribution < 1.29 is 8.42 Å². The van der Waals surface area contributed by atoms with Crippen LogP contribution in [0.4, 0.5) is 0 Å². The molecule has 5 heteroatoms. The fraction of sp³-hybridized carbons (Fsp3) is 1.00. The summed E-state index contributed by atoms with van der Waals surface area (Å²) in [6.45, 7) is 10.0. The summed E-state index contributed by atoms with van der Waals surface area (Å²) < 4.78 is 29.9. The highest BCUT2D eigenvalue weighted by Crippen LogP contribution is 2.30. The third-order valence-electron chi connectivity index (χ3n) is 5.18. The summed E-state index contributed by atoms with van der Waals surface area (Å²) in [6, 6.07) is 0.108. The average Bonchev–Trinajstić information content (AvgIpc) is 2.33. The fourth-order valence-corrected chi connectivity index (χ4v) is 5.58. The Hall–Kier alpha value is -0.130. The van der Waals surface area contributed by atoms with E-state index in [2.05, 4.69) is 32.4 Å². The highest BCUT2D eigenvalue weighted by atomic mass is 32.2. The third-order valence-corrected chi connectivity index (χ3v) is 6.76. The minimum absolute atomic E-state index is 0.108. The minimum Gasteiger partial charge on any atom is -0.199 e. The van der Waals surface area contributed by atoms with Crippen LogP contribution in [0.2, 0.25) is 0 Å². The highest BCUT2D eigenvalue weighted by molar-refractivity contribution is 7.87. The molecule has 1 saturated heterocycles. The second-order valence-corrected chi connectivity index (χ2v) is 8.96. The Labute approximate surface area is 124 Å². The number of piperidine rings is 1. The molecule has 118 valence electrons. The second-order valence-electron chi connectivity index (χ2n) is 7.26. The molecule has 5 atom stereocenters. The SMILES string of the molecule is C[C@@H]1C[C@H](C)CN(S(=O)(=O)N[C@@H]2CCC[C@@H](C)[C@@H]2C)C1. The van der Waals surface area contributed by atoms with Crippen molar-refractivity contribution in [3.05, 3.63) is 0 Å². The average molecular weight is 302 g/mol. The maximum atomic E-state index is 12.6. The Morgan fingerprint density at radius 2 is 1.60 bits per heavy atom. The molecular weight excluding hydrogens is 272 g/mol. The maximum Gasteiger partial charge on any atom is 0.279 e. The Kier molecular flexibility index (Phi) is 5.14. The molecule has 0 radical (unpaired) electrons. The van der Waals surface area contributed by atoms with Crippen LogP contribution in [0.15, 0.2) is 0 Å². The molecule has 1 saturated carbocycles. The summed E-state index contributed by atoms with van der Waals surface area (Å²) in [5, 5.41) is 0. The summed E-state index contributed by atoms with van der Waals surface area (Å²) in [5.41, 5.74) is 0. The lowest BCUT2D eigenvalue weighted by Gasteiger charge is -2.38. The van der Waals surface area contributed by atoms with Crippen molar-refractivity contribution in [2.24, 2.45) is 23.7 Å². The second kappa shape index (κ2) is 6.32. The molecule has 0 aromatic heterocycles. The molecule has 1 aliphatic carbocycles. The molecule has 2 fully saturated rings. The van der Waals surface area contributed by atoms with Crippen molar-refractivity contribution in [2.45, 2.75) is 59.4 Å². The van der Waals surface area contributed by atoms with Crippen LogP contribution in [0, 0.1) is 23.7 Å². The van der Waals surface area contributed by atoms with Gasteiger partial charge in [0.15, 0.2) is 0 Å². The summed E-state index contributed by atoms with van der Waals surface area (Å²) in [6.07, 6.45) is 4.45. The smallest absolute Gasteiger partial charge is 0.199 e. The summed E-state index contributed by atoms with van der Waals surface area (Å²) in [4.78, 5) is 0. The molecule has 1 aliphatic heterocycles. The monoisotopic (exact) mass is 302 g/mol. The standard InChI is InChI=1S/C15H30N2O2S/c1-11-8-12(2)10-17(9-11)20(18,19)16-15-7-5-6-13(3)14(15)4/h11-16H,5-10H2,1-4H3/t11-,12+,13-,14+,15-/m1/s1. The zero-order valence-electron chi connectivity index (χ0n) is 13.3. The zero-order valence-corrected chi connectivity index (χ0v) is 14.1. The van der Waals surface area contributed by atoms with Crippen LogP contribution in [0.5, 0.6) is 0 Å². The predicted octanol–water partition coefficient (Wildman–Crippen LogP) is 2.62. The van der Waals surface area contributed by atoms with E-state index in [1.165, 1.54) is 6.42 Å². The largest absolute Gasteiger partial charge is 0.279 e. The van der Waals surface area contributed by atoms with Gasteiger partial charge in [-0.2, -0.15) is 17.4 Å². The Morgan fingerprint density at radius 3 is 2.20 bits per heavy atom. The summed E-state index contributed by atoms with van der Waals surface area (Å²) in [5.74, 6) is 1.95. The highest BCUT2D eigenvalue weighted by Gasteiger charge is 2.35. The Balaban J connectivity index is 2.03. The van der Waals surface area contributed by atoms with Crippen molar-refractivity contribution in [1.82, 2.24) is 9.03 Å². The maximum absolute atomic E-state index is 12.6. The van der Waals surface area contributed by atoms with Crippen LogP contribution in [0.3, 0.4) is 0 Å². The van der Waals surface area contributed by atoms with Gasteiger partial charge in [0.1, 0.15) is 0 Å². The first-order valence-corrected chi connectivity index (χ1v) is 9.51. The van der Waals surface area contributed by atoms with Gasteiger partial charge in [0.25, 0.3) is 10.2 Å². The molecule has 4 nitrogen and oxygen atoms in total. The minimum atomic E-state index is -3.32. The molecule has 1 N–H and O–H groups in total. The van der Waals surface area contributed by atoms with E-state index in [0.717, 1.165) is 19.3 Å². The van der Waals surface area contributed by atoms with Crippen LogP contribution in [-0.4, -0.2) is 31.9 Å². The van der Waals surface area contributed by atoms with Crippen LogP contribution >= 0.6 is 0 Å². The van der Waals surface area contributed by atoms with Crippen LogP contribution in [0.1, 0.15) is 53.4 Å². The number of hydrogen-bond donors (Lipinski definition) is 1.